The van der Waals surface area contributed by atoms with E-state index >= 15 is 0 Å². The molecule has 0 saturated carbocycles. The molecule has 0 aromatic heterocycles. The first-order valence-electron chi connectivity index (χ1n) is 13.5. The van der Waals surface area contributed by atoms with Gasteiger partial charge in [0, 0.05) is 24.7 Å². The van der Waals surface area contributed by atoms with E-state index in [0.717, 1.165) is 21.5 Å². The van der Waals surface area contributed by atoms with Crippen LogP contribution in [0.5, 0.6) is 0 Å². The fraction of sp³-hybridized carbons (Fsp3) is 0.333. The lowest BCUT2D eigenvalue weighted by Gasteiger charge is -2.33. The van der Waals surface area contributed by atoms with Gasteiger partial charge in [-0.05, 0) is 50.5 Å². The molecule has 41 heavy (non-hydrogen) atoms. The lowest BCUT2D eigenvalue weighted by molar-refractivity contribution is -0.384. The van der Waals surface area contributed by atoms with Gasteiger partial charge in [0.1, 0.15) is 12.6 Å². The van der Waals surface area contributed by atoms with Crippen LogP contribution in [-0.4, -0.2) is 48.7 Å². The highest BCUT2D eigenvalue weighted by molar-refractivity contribution is 7.92. The molecule has 0 heterocycles. The summed E-state index contributed by atoms with van der Waals surface area (Å²) in [5.74, 6) is -0.959. The zero-order chi connectivity index (χ0) is 30.2. The van der Waals surface area contributed by atoms with E-state index in [1.54, 1.807) is 25.1 Å². The second-order valence-electron chi connectivity index (χ2n) is 9.85. The van der Waals surface area contributed by atoms with E-state index in [1.165, 1.54) is 35.2 Å². The van der Waals surface area contributed by atoms with E-state index in [1.807, 2.05) is 45.0 Å². The molecule has 1 N–H and O–H groups in total. The maximum atomic E-state index is 14.1. The molecule has 3 rings (SSSR count). The average Bonchev–Trinajstić information content (AvgIpc) is 2.96. The van der Waals surface area contributed by atoms with Gasteiger partial charge in [-0.1, -0.05) is 67.9 Å². The number of carbonyl (C=O) groups is 2. The van der Waals surface area contributed by atoms with Gasteiger partial charge in [0.05, 0.1) is 15.5 Å². The molecule has 3 aromatic carbocycles. The van der Waals surface area contributed by atoms with Crippen LogP contribution in [-0.2, 0) is 26.2 Å². The largest absolute Gasteiger partial charge is 0.352 e. The molecule has 0 radical (unpaired) electrons. The zero-order valence-electron chi connectivity index (χ0n) is 23.7. The summed E-state index contributed by atoms with van der Waals surface area (Å²) in [6, 6.07) is 19.2. The van der Waals surface area contributed by atoms with Crippen molar-refractivity contribution in [3.05, 3.63) is 100 Å². The summed E-state index contributed by atoms with van der Waals surface area (Å²) in [5, 5.41) is 14.4. The minimum absolute atomic E-state index is 0.0380. The number of hydrogen-bond donors (Lipinski definition) is 1. The van der Waals surface area contributed by atoms with Crippen LogP contribution < -0.4 is 9.62 Å². The first kappa shape index (κ1) is 31.3. The first-order chi connectivity index (χ1) is 19.5. The molecule has 0 aliphatic rings. The molecule has 0 aliphatic heterocycles. The van der Waals surface area contributed by atoms with Crippen LogP contribution in [0.25, 0.3) is 0 Å². The van der Waals surface area contributed by atoms with Crippen LogP contribution in [0.4, 0.5) is 11.4 Å². The van der Waals surface area contributed by atoms with Gasteiger partial charge in [-0.15, -0.1) is 0 Å². The van der Waals surface area contributed by atoms with Gasteiger partial charge in [-0.2, -0.15) is 0 Å². The molecule has 2 atom stereocenters. The normalized spacial score (nSPS) is 12.7. The Kier molecular flexibility index (Phi) is 10.6. The van der Waals surface area contributed by atoms with Gasteiger partial charge >= 0.3 is 0 Å². The standard InChI is InChI=1S/C30H36N4O6S/c1-5-23(4)31-30(36)28(6-2)32(20-24-13-10-12-22(3)18-24)29(35)21-33(25-14-11-15-26(19-25)34(37)38)41(39,40)27-16-8-7-9-17-27/h7-19,23,28H,5-6,20-21H2,1-4H3,(H,31,36)/t23-,28-/m1/s1. The number of benzene rings is 3. The highest BCUT2D eigenvalue weighted by Crippen LogP contribution is 2.28. The Morgan fingerprint density at radius 2 is 1.63 bits per heavy atom. The van der Waals surface area contributed by atoms with E-state index < -0.39 is 33.4 Å². The minimum Gasteiger partial charge on any atom is -0.352 e. The number of anilines is 1. The fourth-order valence-corrected chi connectivity index (χ4v) is 5.80. The lowest BCUT2D eigenvalue weighted by Crippen LogP contribution is -2.53. The van der Waals surface area contributed by atoms with E-state index in [-0.39, 0.29) is 34.8 Å². The summed E-state index contributed by atoms with van der Waals surface area (Å²) in [7, 11) is -4.32. The summed E-state index contributed by atoms with van der Waals surface area (Å²) in [5.41, 5.74) is 1.39. The molecule has 11 heteroatoms. The third-order valence-electron chi connectivity index (χ3n) is 6.76. The predicted molar refractivity (Wildman–Crippen MR) is 158 cm³/mol. The van der Waals surface area contributed by atoms with Crippen molar-refractivity contribution in [3.8, 4) is 0 Å². The van der Waals surface area contributed by atoms with Crippen LogP contribution in [0, 0.1) is 17.0 Å². The average molecular weight is 581 g/mol. The minimum atomic E-state index is -4.32. The molecular weight excluding hydrogens is 544 g/mol. The monoisotopic (exact) mass is 580 g/mol. The smallest absolute Gasteiger partial charge is 0.271 e. The van der Waals surface area contributed by atoms with Crippen molar-refractivity contribution in [1.82, 2.24) is 10.2 Å². The van der Waals surface area contributed by atoms with Gasteiger partial charge in [0.2, 0.25) is 11.8 Å². The number of non-ortho nitro benzene ring substituents is 1. The van der Waals surface area contributed by atoms with Crippen LogP contribution >= 0.6 is 0 Å². The molecule has 0 aliphatic carbocycles. The third-order valence-corrected chi connectivity index (χ3v) is 8.55. The number of nitro benzene ring substituents is 1. The number of hydrogen-bond acceptors (Lipinski definition) is 6. The van der Waals surface area contributed by atoms with Gasteiger partial charge in [0.15, 0.2) is 0 Å². The zero-order valence-corrected chi connectivity index (χ0v) is 24.5. The van der Waals surface area contributed by atoms with E-state index in [0.29, 0.717) is 12.8 Å². The molecule has 0 fully saturated rings. The topological polar surface area (TPSA) is 130 Å². The van der Waals surface area contributed by atoms with Crippen LogP contribution in [0.15, 0.2) is 83.8 Å². The van der Waals surface area contributed by atoms with Crippen LogP contribution in [0.2, 0.25) is 0 Å². The SMILES string of the molecule is CC[C@@H](C)NC(=O)[C@@H](CC)N(Cc1cccc(C)c1)C(=O)CN(c1cccc([N+](=O)[O-])c1)S(=O)(=O)c1ccccc1. The maximum Gasteiger partial charge on any atom is 0.271 e. The van der Waals surface area contributed by atoms with Crippen molar-refractivity contribution in [3.63, 3.8) is 0 Å². The van der Waals surface area contributed by atoms with Crippen LogP contribution in [0.3, 0.4) is 0 Å². The summed E-state index contributed by atoms with van der Waals surface area (Å²) in [6.45, 7) is 6.91. The molecule has 218 valence electrons. The number of nitrogens with zero attached hydrogens (tertiary/aromatic N) is 3. The number of rotatable bonds is 13. The first-order valence-corrected chi connectivity index (χ1v) is 14.9. The molecule has 0 bridgehead atoms. The van der Waals surface area contributed by atoms with E-state index in [9.17, 15) is 28.1 Å². The van der Waals surface area contributed by atoms with Gasteiger partial charge in [-0.25, -0.2) is 8.42 Å². The van der Waals surface area contributed by atoms with Gasteiger partial charge < -0.3 is 10.2 Å². The third kappa shape index (κ3) is 7.91. The molecule has 0 saturated heterocycles. The summed E-state index contributed by atoms with van der Waals surface area (Å²) < 4.78 is 28.5. The molecule has 2 amide bonds. The highest BCUT2D eigenvalue weighted by Gasteiger charge is 2.34. The molecule has 0 spiro atoms. The number of nitrogens with one attached hydrogen (secondary N) is 1. The second-order valence-corrected chi connectivity index (χ2v) is 11.7. The lowest BCUT2D eigenvalue weighted by atomic mass is 10.1. The van der Waals surface area contributed by atoms with Crippen molar-refractivity contribution < 1.29 is 22.9 Å². The van der Waals surface area contributed by atoms with Gasteiger partial charge in [0.25, 0.3) is 15.7 Å². The summed E-state index contributed by atoms with van der Waals surface area (Å²) in [4.78, 5) is 39.6. The van der Waals surface area contributed by atoms with E-state index in [2.05, 4.69) is 5.32 Å². The molecule has 3 aromatic rings. The van der Waals surface area contributed by atoms with Crippen molar-refractivity contribution >= 4 is 33.2 Å². The summed E-state index contributed by atoms with van der Waals surface area (Å²) in [6.07, 6.45) is 0.992. The van der Waals surface area contributed by atoms with Crippen molar-refractivity contribution in [2.24, 2.45) is 0 Å². The Morgan fingerprint density at radius 3 is 2.24 bits per heavy atom. The Labute approximate surface area is 241 Å². The molecule has 10 nitrogen and oxygen atoms in total. The van der Waals surface area contributed by atoms with Crippen LogP contribution in [0.1, 0.15) is 44.7 Å². The quantitative estimate of drug-likeness (QED) is 0.228. The number of carbonyl (C=O) groups excluding carboxylic acids is 2. The number of amides is 2. The summed E-state index contributed by atoms with van der Waals surface area (Å²) >= 11 is 0. The molecule has 0 unspecified atom stereocenters. The Hall–Kier alpha value is -4.25. The number of aryl methyl sites for hydroxylation is 1. The highest BCUT2D eigenvalue weighted by atomic mass is 32.2. The van der Waals surface area contributed by atoms with Gasteiger partial charge in [-0.3, -0.25) is 24.0 Å². The Balaban J connectivity index is 2.09. The van der Waals surface area contributed by atoms with Crippen molar-refractivity contribution in [1.29, 1.82) is 0 Å². The fourth-order valence-electron chi connectivity index (χ4n) is 4.38. The predicted octanol–water partition coefficient (Wildman–Crippen LogP) is 4.82. The second kappa shape index (κ2) is 13.9. The molecular formula is C30H36N4O6S. The van der Waals surface area contributed by atoms with Crippen molar-refractivity contribution in [2.45, 2.75) is 64.1 Å². The number of sulfonamides is 1. The van der Waals surface area contributed by atoms with Crippen molar-refractivity contribution in [2.75, 3.05) is 10.8 Å². The number of nitro groups is 1. The Morgan fingerprint density at radius 1 is 0.951 bits per heavy atom. The van der Waals surface area contributed by atoms with E-state index in [4.69, 9.17) is 0 Å². The maximum absolute atomic E-state index is 14.1. The Bertz CT molecular complexity index is 1480.